The number of halogens is 1. The van der Waals surface area contributed by atoms with Crippen molar-refractivity contribution >= 4 is 27.7 Å². The number of hydrogen-bond donors (Lipinski definition) is 1. The maximum atomic E-state index is 13.6. The second-order valence-corrected chi connectivity index (χ2v) is 10.1. The number of likely N-dealkylation sites (N-methyl/N-ethyl adjacent to an activating group) is 1. The van der Waals surface area contributed by atoms with Crippen LogP contribution < -0.4 is 9.62 Å². The smallest absolute Gasteiger partial charge is 0.304 e. The molecule has 0 aromatic heterocycles. The van der Waals surface area contributed by atoms with Crippen molar-refractivity contribution in [3.63, 3.8) is 0 Å². The predicted octanol–water partition coefficient (Wildman–Crippen LogP) is 2.69. The molecular formula is C24H33FN4O4S. The zero-order valence-corrected chi connectivity index (χ0v) is 21.1. The normalized spacial score (nSPS) is 12.3. The van der Waals surface area contributed by atoms with Crippen LogP contribution in [0.15, 0.2) is 48.5 Å². The fourth-order valence-corrected chi connectivity index (χ4v) is 4.56. The quantitative estimate of drug-likeness (QED) is 0.522. The van der Waals surface area contributed by atoms with Gasteiger partial charge in [0.05, 0.1) is 5.69 Å². The fraction of sp³-hybridized carbons (Fsp3) is 0.417. The lowest BCUT2D eigenvalue weighted by Gasteiger charge is -2.34. The van der Waals surface area contributed by atoms with E-state index in [1.807, 2.05) is 31.2 Å². The number of anilines is 1. The van der Waals surface area contributed by atoms with Crippen LogP contribution in [0, 0.1) is 12.7 Å². The van der Waals surface area contributed by atoms with Gasteiger partial charge in [0.25, 0.3) is 0 Å². The number of aryl methyl sites for hydroxylation is 1. The topological polar surface area (TPSA) is 90.0 Å². The molecular weight excluding hydrogens is 459 g/mol. The van der Waals surface area contributed by atoms with Crippen LogP contribution in [0.4, 0.5) is 10.1 Å². The van der Waals surface area contributed by atoms with Gasteiger partial charge in [-0.1, -0.05) is 31.2 Å². The highest BCUT2D eigenvalue weighted by atomic mass is 32.2. The Labute approximate surface area is 201 Å². The Morgan fingerprint density at radius 3 is 2.18 bits per heavy atom. The zero-order valence-electron chi connectivity index (χ0n) is 20.3. The molecule has 1 N–H and O–H groups in total. The van der Waals surface area contributed by atoms with Gasteiger partial charge in [0.2, 0.25) is 11.8 Å². The summed E-state index contributed by atoms with van der Waals surface area (Å²) in [5.74, 6) is -1.38. The minimum atomic E-state index is -4.08. The van der Waals surface area contributed by atoms with Crippen molar-refractivity contribution in [1.29, 1.82) is 0 Å². The first-order valence-electron chi connectivity index (χ1n) is 11.1. The summed E-state index contributed by atoms with van der Waals surface area (Å²) in [7, 11) is -1.38. The summed E-state index contributed by atoms with van der Waals surface area (Å²) in [5.41, 5.74) is 1.94. The van der Waals surface area contributed by atoms with Crippen LogP contribution >= 0.6 is 0 Å². The third-order valence-corrected chi connectivity index (χ3v) is 7.29. The van der Waals surface area contributed by atoms with Crippen LogP contribution in [0.2, 0.25) is 0 Å². The van der Waals surface area contributed by atoms with E-state index in [1.54, 1.807) is 13.8 Å². The summed E-state index contributed by atoms with van der Waals surface area (Å²) in [4.78, 5) is 27.9. The summed E-state index contributed by atoms with van der Waals surface area (Å²) in [6.45, 7) is 5.49. The molecule has 0 saturated carbocycles. The molecule has 0 fully saturated rings. The predicted molar refractivity (Wildman–Crippen MR) is 131 cm³/mol. The highest BCUT2D eigenvalue weighted by Crippen LogP contribution is 2.22. The number of carbonyl (C=O) groups is 2. The zero-order chi connectivity index (χ0) is 25.5. The lowest BCUT2D eigenvalue weighted by Crippen LogP contribution is -2.53. The van der Waals surface area contributed by atoms with E-state index in [-0.39, 0.29) is 18.1 Å². The first kappa shape index (κ1) is 27.3. The lowest BCUT2D eigenvalue weighted by molar-refractivity contribution is -0.140. The van der Waals surface area contributed by atoms with Crippen LogP contribution in [0.25, 0.3) is 0 Å². The SMILES string of the molecule is CCNC(=O)C(CC)N(Cc1ccccc1C)C(=O)CN(c1ccc(F)cc1)S(=O)(=O)N(C)C. The molecule has 1 unspecified atom stereocenters. The van der Waals surface area contributed by atoms with E-state index in [1.165, 1.54) is 31.1 Å². The van der Waals surface area contributed by atoms with Gasteiger partial charge in [0.15, 0.2) is 0 Å². The Morgan fingerprint density at radius 2 is 1.65 bits per heavy atom. The van der Waals surface area contributed by atoms with E-state index in [0.717, 1.165) is 31.9 Å². The number of hydrogen-bond acceptors (Lipinski definition) is 4. The molecule has 34 heavy (non-hydrogen) atoms. The van der Waals surface area contributed by atoms with Crippen molar-refractivity contribution in [2.75, 3.05) is 31.5 Å². The largest absolute Gasteiger partial charge is 0.355 e. The van der Waals surface area contributed by atoms with Crippen molar-refractivity contribution < 1.29 is 22.4 Å². The van der Waals surface area contributed by atoms with Crippen LogP contribution in [0.5, 0.6) is 0 Å². The van der Waals surface area contributed by atoms with Crippen molar-refractivity contribution in [3.05, 3.63) is 65.5 Å². The van der Waals surface area contributed by atoms with Gasteiger partial charge in [-0.15, -0.1) is 0 Å². The van der Waals surface area contributed by atoms with Crippen molar-refractivity contribution in [3.8, 4) is 0 Å². The molecule has 0 bridgehead atoms. The van der Waals surface area contributed by atoms with Gasteiger partial charge in [-0.3, -0.25) is 9.59 Å². The van der Waals surface area contributed by atoms with E-state index >= 15 is 0 Å². The second-order valence-electron chi connectivity index (χ2n) is 8.04. The molecule has 1 atom stereocenters. The molecule has 0 spiro atoms. The van der Waals surface area contributed by atoms with E-state index in [9.17, 15) is 22.4 Å². The molecule has 0 heterocycles. The maximum absolute atomic E-state index is 13.6. The fourth-order valence-electron chi connectivity index (χ4n) is 3.51. The van der Waals surface area contributed by atoms with Gasteiger partial charge in [-0.25, -0.2) is 8.70 Å². The molecule has 10 heteroatoms. The average Bonchev–Trinajstić information content (AvgIpc) is 2.79. The molecule has 0 saturated heterocycles. The summed E-state index contributed by atoms with van der Waals surface area (Å²) in [6.07, 6.45) is 0.348. The van der Waals surface area contributed by atoms with Crippen LogP contribution in [0.1, 0.15) is 31.4 Å². The Balaban J connectivity index is 2.50. The summed E-state index contributed by atoms with van der Waals surface area (Å²) < 4.78 is 41.5. The number of amides is 2. The number of rotatable bonds is 11. The van der Waals surface area contributed by atoms with Crippen molar-refractivity contribution in [2.24, 2.45) is 0 Å². The van der Waals surface area contributed by atoms with E-state index in [4.69, 9.17) is 0 Å². The van der Waals surface area contributed by atoms with Gasteiger partial charge in [-0.2, -0.15) is 12.7 Å². The third-order valence-electron chi connectivity index (χ3n) is 5.47. The minimum Gasteiger partial charge on any atom is -0.355 e. The highest BCUT2D eigenvalue weighted by molar-refractivity contribution is 7.90. The van der Waals surface area contributed by atoms with Gasteiger partial charge < -0.3 is 10.2 Å². The number of nitrogens with one attached hydrogen (secondary N) is 1. The van der Waals surface area contributed by atoms with Gasteiger partial charge in [0.1, 0.15) is 18.4 Å². The molecule has 8 nitrogen and oxygen atoms in total. The number of carbonyl (C=O) groups excluding carboxylic acids is 2. The average molecular weight is 493 g/mol. The molecule has 2 rings (SSSR count). The van der Waals surface area contributed by atoms with Crippen LogP contribution in [-0.2, 0) is 26.3 Å². The molecule has 2 amide bonds. The highest BCUT2D eigenvalue weighted by Gasteiger charge is 2.33. The third kappa shape index (κ3) is 6.54. The van der Waals surface area contributed by atoms with Crippen LogP contribution in [0.3, 0.4) is 0 Å². The Hall–Kier alpha value is -2.98. The first-order valence-corrected chi connectivity index (χ1v) is 12.5. The molecule has 0 aliphatic heterocycles. The molecule has 2 aromatic rings. The van der Waals surface area contributed by atoms with Gasteiger partial charge >= 0.3 is 10.2 Å². The van der Waals surface area contributed by atoms with Crippen LogP contribution in [-0.4, -0.2) is 62.7 Å². The van der Waals surface area contributed by atoms with Gasteiger partial charge in [0, 0.05) is 27.2 Å². The molecule has 186 valence electrons. The summed E-state index contributed by atoms with van der Waals surface area (Å²) in [5, 5.41) is 2.76. The summed E-state index contributed by atoms with van der Waals surface area (Å²) in [6, 6.07) is 11.6. The Morgan fingerprint density at radius 1 is 1.03 bits per heavy atom. The minimum absolute atomic E-state index is 0.139. The van der Waals surface area contributed by atoms with Gasteiger partial charge in [-0.05, 0) is 55.7 Å². The Kier molecular flexibility index (Phi) is 9.57. The Bertz CT molecular complexity index is 1090. The molecule has 0 aliphatic carbocycles. The second kappa shape index (κ2) is 11.9. The maximum Gasteiger partial charge on any atom is 0.304 e. The van der Waals surface area contributed by atoms with Crippen molar-refractivity contribution in [1.82, 2.24) is 14.5 Å². The molecule has 2 aromatic carbocycles. The monoisotopic (exact) mass is 492 g/mol. The van der Waals surface area contributed by atoms with E-state index < -0.39 is 34.5 Å². The van der Waals surface area contributed by atoms with E-state index in [0.29, 0.717) is 13.0 Å². The standard InChI is InChI=1S/C24H33FN4O4S/c1-6-22(24(31)26-7-2)28(16-19-11-9-8-10-18(19)3)23(30)17-29(34(32,33)27(4)5)21-14-12-20(25)13-15-21/h8-15,22H,6-7,16-17H2,1-5H3,(H,26,31). The lowest BCUT2D eigenvalue weighted by atomic mass is 10.1. The first-order chi connectivity index (χ1) is 16.0. The van der Waals surface area contributed by atoms with E-state index in [2.05, 4.69) is 5.32 Å². The molecule has 0 radical (unpaired) electrons. The van der Waals surface area contributed by atoms with Crippen molar-refractivity contribution in [2.45, 2.75) is 39.8 Å². The summed E-state index contributed by atoms with van der Waals surface area (Å²) >= 11 is 0. The number of benzene rings is 2. The number of nitrogens with zero attached hydrogens (tertiary/aromatic N) is 3. The molecule has 0 aliphatic rings.